The second-order valence-corrected chi connectivity index (χ2v) is 5.85. The number of amides is 1. The topological polar surface area (TPSA) is 50.8 Å². The first kappa shape index (κ1) is 16.6. The van der Waals surface area contributed by atoms with Crippen LogP contribution in [0.15, 0.2) is 42.5 Å². The van der Waals surface area contributed by atoms with Gasteiger partial charge in [-0.15, -0.1) is 0 Å². The molecule has 3 rings (SSSR count). The predicted octanol–water partition coefficient (Wildman–Crippen LogP) is 3.44. The maximum absolute atomic E-state index is 12.4. The van der Waals surface area contributed by atoms with Crippen LogP contribution in [0.3, 0.4) is 0 Å². The van der Waals surface area contributed by atoms with Crippen molar-refractivity contribution in [2.75, 3.05) is 43.6 Å². The van der Waals surface area contributed by atoms with Crippen molar-refractivity contribution in [2.45, 2.75) is 0 Å². The second-order valence-electron chi connectivity index (χ2n) is 5.45. The number of hydrogen-bond donors (Lipinski definition) is 1. The highest BCUT2D eigenvalue weighted by molar-refractivity contribution is 6.34. The van der Waals surface area contributed by atoms with E-state index in [0.717, 1.165) is 18.8 Å². The number of rotatable bonds is 4. The fourth-order valence-electron chi connectivity index (χ4n) is 2.56. The van der Waals surface area contributed by atoms with E-state index >= 15 is 0 Å². The smallest absolute Gasteiger partial charge is 0.255 e. The molecule has 0 aromatic heterocycles. The van der Waals surface area contributed by atoms with Crippen molar-refractivity contribution in [1.29, 1.82) is 0 Å². The molecule has 0 aliphatic carbocycles. The van der Waals surface area contributed by atoms with Crippen molar-refractivity contribution in [1.82, 2.24) is 0 Å². The van der Waals surface area contributed by atoms with E-state index in [2.05, 4.69) is 10.2 Å². The number of nitrogens with one attached hydrogen (secondary N) is 1. The summed E-state index contributed by atoms with van der Waals surface area (Å²) in [6, 6.07) is 12.6. The number of nitrogens with zero attached hydrogens (tertiary/aromatic N) is 1. The van der Waals surface area contributed by atoms with Crippen molar-refractivity contribution < 1.29 is 14.3 Å². The quantitative estimate of drug-likeness (QED) is 0.921. The molecule has 126 valence electrons. The number of hydrogen-bond acceptors (Lipinski definition) is 4. The molecule has 2 aromatic carbocycles. The molecule has 0 spiro atoms. The van der Waals surface area contributed by atoms with Gasteiger partial charge in [0.2, 0.25) is 0 Å². The SMILES string of the molecule is COc1ccc(C(=O)Nc2cc(N3CCOCC3)ccc2Cl)cc1. The zero-order valence-corrected chi connectivity index (χ0v) is 14.2. The zero-order valence-electron chi connectivity index (χ0n) is 13.4. The Morgan fingerprint density at radius 2 is 1.88 bits per heavy atom. The van der Waals surface area contributed by atoms with Gasteiger partial charge in [-0.1, -0.05) is 11.6 Å². The lowest BCUT2D eigenvalue weighted by atomic mass is 10.2. The van der Waals surface area contributed by atoms with E-state index in [9.17, 15) is 4.79 Å². The summed E-state index contributed by atoms with van der Waals surface area (Å²) in [6.07, 6.45) is 0. The van der Waals surface area contributed by atoms with E-state index in [0.29, 0.717) is 35.2 Å². The molecule has 1 fully saturated rings. The van der Waals surface area contributed by atoms with Crippen LogP contribution in [0.25, 0.3) is 0 Å². The molecule has 5 nitrogen and oxygen atoms in total. The summed E-state index contributed by atoms with van der Waals surface area (Å²) in [5, 5.41) is 3.38. The van der Waals surface area contributed by atoms with E-state index in [-0.39, 0.29) is 5.91 Å². The number of anilines is 2. The molecule has 0 unspecified atom stereocenters. The number of benzene rings is 2. The van der Waals surface area contributed by atoms with Gasteiger partial charge in [0.05, 0.1) is 31.0 Å². The Labute approximate surface area is 146 Å². The van der Waals surface area contributed by atoms with Crippen LogP contribution >= 0.6 is 11.6 Å². The molecule has 0 saturated carbocycles. The molecule has 1 aliphatic heterocycles. The van der Waals surface area contributed by atoms with Crippen molar-refractivity contribution in [3.05, 3.63) is 53.1 Å². The third kappa shape index (κ3) is 3.80. The molecule has 1 amide bonds. The predicted molar refractivity (Wildman–Crippen MR) is 95.4 cm³/mol. The van der Waals surface area contributed by atoms with Gasteiger partial charge in [0.25, 0.3) is 5.91 Å². The van der Waals surface area contributed by atoms with Crippen LogP contribution in [0, 0.1) is 0 Å². The zero-order chi connectivity index (χ0) is 16.9. The molecule has 6 heteroatoms. The number of carbonyl (C=O) groups is 1. The van der Waals surface area contributed by atoms with Crippen LogP contribution in [0.4, 0.5) is 11.4 Å². The van der Waals surface area contributed by atoms with Crippen molar-refractivity contribution in [3.8, 4) is 5.75 Å². The van der Waals surface area contributed by atoms with Gasteiger partial charge in [-0.2, -0.15) is 0 Å². The third-order valence-electron chi connectivity index (χ3n) is 3.93. The number of methoxy groups -OCH3 is 1. The third-order valence-corrected chi connectivity index (χ3v) is 4.26. The molecule has 1 N–H and O–H groups in total. The first-order valence-corrected chi connectivity index (χ1v) is 8.13. The van der Waals surface area contributed by atoms with Crippen molar-refractivity contribution in [2.24, 2.45) is 0 Å². The lowest BCUT2D eigenvalue weighted by Gasteiger charge is -2.29. The Kier molecular flexibility index (Phi) is 5.23. The molecular formula is C18H19ClN2O3. The number of carbonyl (C=O) groups excluding carboxylic acids is 1. The first-order chi connectivity index (χ1) is 11.7. The Morgan fingerprint density at radius 1 is 1.17 bits per heavy atom. The lowest BCUT2D eigenvalue weighted by molar-refractivity contribution is 0.102. The summed E-state index contributed by atoms with van der Waals surface area (Å²) in [6.45, 7) is 3.06. The van der Waals surface area contributed by atoms with Gasteiger partial charge < -0.3 is 19.7 Å². The Balaban J connectivity index is 1.76. The molecule has 1 aliphatic rings. The van der Waals surface area contributed by atoms with Crippen LogP contribution in [0.2, 0.25) is 5.02 Å². The number of halogens is 1. The van der Waals surface area contributed by atoms with Gasteiger partial charge in [0.15, 0.2) is 0 Å². The Morgan fingerprint density at radius 3 is 2.54 bits per heavy atom. The minimum atomic E-state index is -0.210. The summed E-state index contributed by atoms with van der Waals surface area (Å²) < 4.78 is 10.5. The van der Waals surface area contributed by atoms with Gasteiger partial charge in [0, 0.05) is 24.3 Å². The molecule has 0 bridgehead atoms. The minimum absolute atomic E-state index is 0.210. The highest BCUT2D eigenvalue weighted by Gasteiger charge is 2.14. The average molecular weight is 347 g/mol. The maximum atomic E-state index is 12.4. The Bertz CT molecular complexity index is 713. The van der Waals surface area contributed by atoms with E-state index < -0.39 is 0 Å². The standard InChI is InChI=1S/C18H19ClN2O3/c1-23-15-5-2-13(3-6-15)18(22)20-17-12-14(4-7-16(17)19)21-8-10-24-11-9-21/h2-7,12H,8-11H2,1H3,(H,20,22). The summed E-state index contributed by atoms with van der Waals surface area (Å²) in [5.74, 6) is 0.498. The van der Waals surface area contributed by atoms with E-state index in [1.165, 1.54) is 0 Å². The van der Waals surface area contributed by atoms with E-state index in [1.54, 1.807) is 37.4 Å². The van der Waals surface area contributed by atoms with Crippen molar-refractivity contribution >= 4 is 28.9 Å². The minimum Gasteiger partial charge on any atom is -0.497 e. The molecular weight excluding hydrogens is 328 g/mol. The fourth-order valence-corrected chi connectivity index (χ4v) is 2.73. The summed E-state index contributed by atoms with van der Waals surface area (Å²) in [5.41, 5.74) is 2.16. The van der Waals surface area contributed by atoms with Gasteiger partial charge in [0.1, 0.15) is 5.75 Å². The monoisotopic (exact) mass is 346 g/mol. The van der Waals surface area contributed by atoms with Crippen LogP contribution in [-0.4, -0.2) is 39.3 Å². The normalized spacial score (nSPS) is 14.3. The summed E-state index contributed by atoms with van der Waals surface area (Å²) in [7, 11) is 1.59. The molecule has 1 saturated heterocycles. The molecule has 1 heterocycles. The van der Waals surface area contributed by atoms with Gasteiger partial charge >= 0.3 is 0 Å². The van der Waals surface area contributed by atoms with Gasteiger partial charge in [-0.25, -0.2) is 0 Å². The Hall–Kier alpha value is -2.24. The van der Waals surface area contributed by atoms with Gasteiger partial charge in [-0.3, -0.25) is 4.79 Å². The summed E-state index contributed by atoms with van der Waals surface area (Å²) in [4.78, 5) is 14.6. The fraction of sp³-hybridized carbons (Fsp3) is 0.278. The van der Waals surface area contributed by atoms with Crippen LogP contribution < -0.4 is 15.0 Å². The molecule has 2 aromatic rings. The average Bonchev–Trinajstić information content (AvgIpc) is 2.64. The highest BCUT2D eigenvalue weighted by Crippen LogP contribution is 2.28. The lowest BCUT2D eigenvalue weighted by Crippen LogP contribution is -2.36. The summed E-state index contributed by atoms with van der Waals surface area (Å²) >= 11 is 6.24. The molecule has 0 atom stereocenters. The second kappa shape index (κ2) is 7.55. The first-order valence-electron chi connectivity index (χ1n) is 7.75. The van der Waals surface area contributed by atoms with E-state index in [1.807, 2.05) is 12.1 Å². The van der Waals surface area contributed by atoms with E-state index in [4.69, 9.17) is 21.1 Å². The van der Waals surface area contributed by atoms with Gasteiger partial charge in [-0.05, 0) is 42.5 Å². The number of ether oxygens (including phenoxy) is 2. The molecule has 0 radical (unpaired) electrons. The number of morpholine rings is 1. The van der Waals surface area contributed by atoms with Crippen molar-refractivity contribution in [3.63, 3.8) is 0 Å². The van der Waals surface area contributed by atoms with Crippen LogP contribution in [0.1, 0.15) is 10.4 Å². The van der Waals surface area contributed by atoms with Crippen LogP contribution in [0.5, 0.6) is 5.75 Å². The van der Waals surface area contributed by atoms with Crippen LogP contribution in [-0.2, 0) is 4.74 Å². The molecule has 24 heavy (non-hydrogen) atoms. The largest absolute Gasteiger partial charge is 0.497 e. The highest BCUT2D eigenvalue weighted by atomic mass is 35.5. The maximum Gasteiger partial charge on any atom is 0.255 e.